The first-order chi connectivity index (χ1) is 9.67. The van der Waals surface area contributed by atoms with Crippen LogP contribution >= 0.6 is 15.9 Å². The molecular weight excluding hydrogens is 316 g/mol. The summed E-state index contributed by atoms with van der Waals surface area (Å²) in [5.41, 5.74) is 3.30. The van der Waals surface area contributed by atoms with Crippen molar-refractivity contribution in [1.82, 2.24) is 10.3 Å². The lowest BCUT2D eigenvalue weighted by atomic mass is 10.2. The van der Waals surface area contributed by atoms with E-state index in [2.05, 4.69) is 45.3 Å². The van der Waals surface area contributed by atoms with Crippen LogP contribution in [-0.4, -0.2) is 11.5 Å². The van der Waals surface area contributed by atoms with Crippen molar-refractivity contribution in [3.05, 3.63) is 57.7 Å². The summed E-state index contributed by atoms with van der Waals surface area (Å²) < 4.78 is 6.85. The van der Waals surface area contributed by atoms with Crippen molar-refractivity contribution < 1.29 is 4.74 Å². The number of nitrogens with one attached hydrogen (secondary N) is 1. The molecule has 0 saturated heterocycles. The van der Waals surface area contributed by atoms with E-state index < -0.39 is 0 Å². The zero-order valence-electron chi connectivity index (χ0n) is 11.8. The summed E-state index contributed by atoms with van der Waals surface area (Å²) in [5, 5.41) is 3.31. The summed E-state index contributed by atoms with van der Waals surface area (Å²) in [4.78, 5) is 4.42. The fourth-order valence-electron chi connectivity index (χ4n) is 1.94. The van der Waals surface area contributed by atoms with Crippen LogP contribution in [0.4, 0.5) is 0 Å². The Balaban J connectivity index is 2.03. The zero-order chi connectivity index (χ0) is 14.4. The Hall–Kier alpha value is -1.39. The quantitative estimate of drug-likeness (QED) is 0.871. The van der Waals surface area contributed by atoms with Gasteiger partial charge in [0, 0.05) is 22.8 Å². The van der Waals surface area contributed by atoms with Crippen LogP contribution in [0.3, 0.4) is 0 Å². The molecule has 0 atom stereocenters. The van der Waals surface area contributed by atoms with Gasteiger partial charge < -0.3 is 10.1 Å². The molecule has 1 aromatic heterocycles. The van der Waals surface area contributed by atoms with E-state index in [0.717, 1.165) is 28.8 Å². The van der Waals surface area contributed by atoms with Gasteiger partial charge in [-0.25, -0.2) is 4.98 Å². The van der Waals surface area contributed by atoms with Gasteiger partial charge in [-0.3, -0.25) is 0 Å². The molecule has 0 fully saturated rings. The Kier molecular flexibility index (Phi) is 5.56. The minimum atomic E-state index is 0.524. The van der Waals surface area contributed by atoms with Crippen LogP contribution in [0.1, 0.15) is 23.7 Å². The second kappa shape index (κ2) is 7.41. The third-order valence-electron chi connectivity index (χ3n) is 2.84. The summed E-state index contributed by atoms with van der Waals surface area (Å²) in [5.74, 6) is 0.679. The van der Waals surface area contributed by atoms with Crippen molar-refractivity contribution in [2.75, 3.05) is 6.54 Å². The SMILES string of the molecule is CCNCc1cc(C)nc(OCc2cccc(Br)c2)c1. The normalized spacial score (nSPS) is 10.6. The average molecular weight is 335 g/mol. The van der Waals surface area contributed by atoms with Crippen LogP contribution in [0, 0.1) is 6.92 Å². The van der Waals surface area contributed by atoms with Gasteiger partial charge in [0.05, 0.1) is 0 Å². The standard InChI is InChI=1S/C16H19BrN2O/c1-3-18-10-14-7-12(2)19-16(9-14)20-11-13-5-4-6-15(17)8-13/h4-9,18H,3,10-11H2,1-2H3. The molecular formula is C16H19BrN2O. The van der Waals surface area contributed by atoms with Crippen molar-refractivity contribution in [3.8, 4) is 5.88 Å². The van der Waals surface area contributed by atoms with E-state index in [1.165, 1.54) is 5.56 Å². The number of hydrogen-bond donors (Lipinski definition) is 1. The van der Waals surface area contributed by atoms with Crippen LogP contribution in [-0.2, 0) is 13.2 Å². The topological polar surface area (TPSA) is 34.2 Å². The highest BCUT2D eigenvalue weighted by Crippen LogP contribution is 2.16. The third-order valence-corrected chi connectivity index (χ3v) is 3.34. The molecule has 106 valence electrons. The number of hydrogen-bond acceptors (Lipinski definition) is 3. The van der Waals surface area contributed by atoms with Gasteiger partial charge in [-0.2, -0.15) is 0 Å². The van der Waals surface area contributed by atoms with Gasteiger partial charge in [0.25, 0.3) is 0 Å². The van der Waals surface area contributed by atoms with Gasteiger partial charge in [-0.15, -0.1) is 0 Å². The minimum absolute atomic E-state index is 0.524. The van der Waals surface area contributed by atoms with Gasteiger partial charge in [0.1, 0.15) is 6.61 Å². The molecule has 2 aromatic rings. The molecule has 0 aliphatic rings. The second-order valence-electron chi connectivity index (χ2n) is 4.65. The highest BCUT2D eigenvalue weighted by molar-refractivity contribution is 9.10. The molecule has 1 N–H and O–H groups in total. The fourth-order valence-corrected chi connectivity index (χ4v) is 2.38. The molecule has 0 spiro atoms. The van der Waals surface area contributed by atoms with E-state index in [1.807, 2.05) is 31.2 Å². The lowest BCUT2D eigenvalue weighted by Crippen LogP contribution is -2.12. The van der Waals surface area contributed by atoms with E-state index in [0.29, 0.717) is 12.5 Å². The predicted molar refractivity (Wildman–Crippen MR) is 84.8 cm³/mol. The monoisotopic (exact) mass is 334 g/mol. The van der Waals surface area contributed by atoms with E-state index in [4.69, 9.17) is 4.74 Å². The first kappa shape index (κ1) is 15.0. The average Bonchev–Trinajstić information content (AvgIpc) is 2.42. The van der Waals surface area contributed by atoms with Crippen molar-refractivity contribution in [3.63, 3.8) is 0 Å². The Labute approximate surface area is 128 Å². The molecule has 0 unspecified atom stereocenters. The maximum atomic E-state index is 5.79. The number of aryl methyl sites for hydroxylation is 1. The molecule has 1 heterocycles. The van der Waals surface area contributed by atoms with E-state index >= 15 is 0 Å². The summed E-state index contributed by atoms with van der Waals surface area (Å²) in [6, 6.07) is 12.2. The largest absolute Gasteiger partial charge is 0.473 e. The molecule has 3 nitrogen and oxygen atoms in total. The lowest BCUT2D eigenvalue weighted by molar-refractivity contribution is 0.293. The molecule has 0 radical (unpaired) electrons. The Morgan fingerprint density at radius 2 is 2.05 bits per heavy atom. The van der Waals surface area contributed by atoms with Gasteiger partial charge in [0.2, 0.25) is 5.88 Å². The first-order valence-electron chi connectivity index (χ1n) is 6.73. The van der Waals surface area contributed by atoms with Crippen molar-refractivity contribution in [1.29, 1.82) is 0 Å². The summed E-state index contributed by atoms with van der Waals surface area (Å²) >= 11 is 3.46. The predicted octanol–water partition coefficient (Wildman–Crippen LogP) is 3.84. The minimum Gasteiger partial charge on any atom is -0.473 e. The molecule has 0 bridgehead atoms. The molecule has 0 aliphatic carbocycles. The smallest absolute Gasteiger partial charge is 0.214 e. The van der Waals surface area contributed by atoms with Crippen molar-refractivity contribution >= 4 is 15.9 Å². The number of aromatic nitrogens is 1. The second-order valence-corrected chi connectivity index (χ2v) is 5.57. The van der Waals surface area contributed by atoms with Crippen molar-refractivity contribution in [2.24, 2.45) is 0 Å². The first-order valence-corrected chi connectivity index (χ1v) is 7.52. The van der Waals surface area contributed by atoms with Crippen molar-refractivity contribution in [2.45, 2.75) is 27.0 Å². The molecule has 0 saturated carbocycles. The Morgan fingerprint density at radius 1 is 1.20 bits per heavy atom. The van der Waals surface area contributed by atoms with Crippen LogP contribution in [0.2, 0.25) is 0 Å². The number of ether oxygens (including phenoxy) is 1. The highest BCUT2D eigenvalue weighted by atomic mass is 79.9. The number of rotatable bonds is 6. The summed E-state index contributed by atoms with van der Waals surface area (Å²) in [7, 11) is 0. The molecule has 20 heavy (non-hydrogen) atoms. The molecule has 2 rings (SSSR count). The molecule has 1 aromatic carbocycles. The van der Waals surface area contributed by atoms with Crippen LogP contribution < -0.4 is 10.1 Å². The van der Waals surface area contributed by atoms with E-state index in [-0.39, 0.29) is 0 Å². The molecule has 0 amide bonds. The fraction of sp³-hybridized carbons (Fsp3) is 0.312. The maximum absolute atomic E-state index is 5.79. The van der Waals surface area contributed by atoms with Crippen LogP contribution in [0.15, 0.2) is 40.9 Å². The maximum Gasteiger partial charge on any atom is 0.214 e. The third kappa shape index (κ3) is 4.62. The van der Waals surface area contributed by atoms with Gasteiger partial charge >= 0.3 is 0 Å². The summed E-state index contributed by atoms with van der Waals surface area (Å²) in [6.45, 7) is 6.40. The zero-order valence-corrected chi connectivity index (χ0v) is 13.4. The molecule has 0 aliphatic heterocycles. The van der Waals surface area contributed by atoms with Crippen LogP contribution in [0.25, 0.3) is 0 Å². The Bertz CT molecular complexity index is 572. The lowest BCUT2D eigenvalue weighted by Gasteiger charge is -2.09. The van der Waals surface area contributed by atoms with E-state index in [9.17, 15) is 0 Å². The Morgan fingerprint density at radius 3 is 2.80 bits per heavy atom. The number of halogens is 1. The molecule has 4 heteroatoms. The number of nitrogens with zero attached hydrogens (tertiary/aromatic N) is 1. The van der Waals surface area contributed by atoms with Gasteiger partial charge in [0.15, 0.2) is 0 Å². The van der Waals surface area contributed by atoms with E-state index in [1.54, 1.807) is 0 Å². The summed E-state index contributed by atoms with van der Waals surface area (Å²) in [6.07, 6.45) is 0. The van der Waals surface area contributed by atoms with Gasteiger partial charge in [-0.05, 0) is 42.8 Å². The highest BCUT2D eigenvalue weighted by Gasteiger charge is 2.02. The van der Waals surface area contributed by atoms with Gasteiger partial charge in [-0.1, -0.05) is 35.0 Å². The van der Waals surface area contributed by atoms with Crippen LogP contribution in [0.5, 0.6) is 5.88 Å². The number of pyridine rings is 1. The number of benzene rings is 1.